The molecule has 2 aromatic rings. The molecule has 1 N–H and O–H groups in total. The average molecular weight is 274 g/mol. The van der Waals surface area contributed by atoms with E-state index in [1.165, 1.54) is 11.3 Å². The molecule has 20 heavy (non-hydrogen) atoms. The Kier molecular flexibility index (Phi) is 4.74. The maximum atomic E-state index is 5.11. The van der Waals surface area contributed by atoms with Crippen LogP contribution in [0, 0.1) is 20.8 Å². The number of anilines is 1. The van der Waals surface area contributed by atoms with Gasteiger partial charge in [0.1, 0.15) is 5.82 Å². The van der Waals surface area contributed by atoms with E-state index >= 15 is 0 Å². The van der Waals surface area contributed by atoms with Gasteiger partial charge in [-0.2, -0.15) is 5.10 Å². The van der Waals surface area contributed by atoms with Gasteiger partial charge in [0, 0.05) is 30.6 Å². The molecule has 2 rings (SSSR count). The van der Waals surface area contributed by atoms with Crippen LogP contribution in [0.4, 0.5) is 5.82 Å². The van der Waals surface area contributed by atoms with Gasteiger partial charge in [-0.15, -0.1) is 0 Å². The van der Waals surface area contributed by atoms with Crippen LogP contribution in [0.1, 0.15) is 22.6 Å². The van der Waals surface area contributed by atoms with E-state index in [-0.39, 0.29) is 0 Å². The molecule has 0 radical (unpaired) electrons. The Morgan fingerprint density at radius 3 is 2.75 bits per heavy atom. The molecule has 0 aromatic carbocycles. The van der Waals surface area contributed by atoms with Crippen molar-refractivity contribution in [1.82, 2.24) is 14.8 Å². The zero-order valence-electron chi connectivity index (χ0n) is 12.6. The first-order chi connectivity index (χ1) is 9.61. The van der Waals surface area contributed by atoms with Crippen LogP contribution in [0.3, 0.4) is 0 Å². The molecule has 0 aliphatic heterocycles. The molecule has 0 unspecified atom stereocenters. The summed E-state index contributed by atoms with van der Waals surface area (Å²) >= 11 is 0. The Labute approximate surface area is 120 Å². The van der Waals surface area contributed by atoms with Crippen LogP contribution in [0.5, 0.6) is 0 Å². The lowest BCUT2D eigenvalue weighted by atomic mass is 10.2. The van der Waals surface area contributed by atoms with Crippen LogP contribution in [-0.2, 0) is 17.8 Å². The number of hydrogen-bond donors (Lipinski definition) is 1. The van der Waals surface area contributed by atoms with E-state index in [1.54, 1.807) is 7.11 Å². The molecule has 0 saturated carbocycles. The summed E-state index contributed by atoms with van der Waals surface area (Å²) in [7, 11) is 1.71. The van der Waals surface area contributed by atoms with E-state index in [2.05, 4.69) is 22.3 Å². The van der Waals surface area contributed by atoms with Gasteiger partial charge in [-0.1, -0.05) is 6.07 Å². The van der Waals surface area contributed by atoms with Crippen molar-refractivity contribution in [3.63, 3.8) is 0 Å². The van der Waals surface area contributed by atoms with E-state index in [1.807, 2.05) is 36.7 Å². The second kappa shape index (κ2) is 6.52. The topological polar surface area (TPSA) is 52.0 Å². The highest BCUT2D eigenvalue weighted by molar-refractivity contribution is 5.38. The predicted octanol–water partition coefficient (Wildman–Crippen LogP) is 2.46. The first kappa shape index (κ1) is 14.5. The number of nitrogens with zero attached hydrogens (tertiary/aromatic N) is 3. The monoisotopic (exact) mass is 274 g/mol. The fraction of sp³-hybridized carbons (Fsp3) is 0.467. The number of methoxy groups -OCH3 is 1. The summed E-state index contributed by atoms with van der Waals surface area (Å²) < 4.78 is 7.11. The summed E-state index contributed by atoms with van der Waals surface area (Å²) in [6.45, 7) is 8.32. The van der Waals surface area contributed by atoms with Crippen molar-refractivity contribution in [2.24, 2.45) is 0 Å². The van der Waals surface area contributed by atoms with Crippen LogP contribution in [0.2, 0.25) is 0 Å². The number of aromatic nitrogens is 3. The van der Waals surface area contributed by atoms with E-state index in [4.69, 9.17) is 4.74 Å². The van der Waals surface area contributed by atoms with E-state index < -0.39 is 0 Å². The average Bonchev–Trinajstić information content (AvgIpc) is 2.69. The predicted molar refractivity (Wildman–Crippen MR) is 79.9 cm³/mol. The van der Waals surface area contributed by atoms with Crippen molar-refractivity contribution < 1.29 is 4.74 Å². The summed E-state index contributed by atoms with van der Waals surface area (Å²) in [6.07, 6.45) is 0. The molecular formula is C15H22N4O. The van der Waals surface area contributed by atoms with Gasteiger partial charge in [0.15, 0.2) is 0 Å². The number of ether oxygens (including phenoxy) is 1. The molecule has 2 heterocycles. The molecule has 0 atom stereocenters. The molecule has 0 spiro atoms. The number of hydrogen-bond acceptors (Lipinski definition) is 4. The summed E-state index contributed by atoms with van der Waals surface area (Å²) in [5.41, 5.74) is 4.47. The third-order valence-electron chi connectivity index (χ3n) is 3.37. The largest absolute Gasteiger partial charge is 0.383 e. The van der Waals surface area contributed by atoms with Crippen molar-refractivity contribution in [1.29, 1.82) is 0 Å². The lowest BCUT2D eigenvalue weighted by Gasteiger charge is -2.07. The van der Waals surface area contributed by atoms with Gasteiger partial charge in [0.2, 0.25) is 0 Å². The number of rotatable bonds is 6. The summed E-state index contributed by atoms with van der Waals surface area (Å²) in [5.74, 6) is 0.897. The van der Waals surface area contributed by atoms with Gasteiger partial charge in [0.25, 0.3) is 0 Å². The van der Waals surface area contributed by atoms with E-state index in [0.29, 0.717) is 6.61 Å². The highest BCUT2D eigenvalue weighted by atomic mass is 16.5. The van der Waals surface area contributed by atoms with Gasteiger partial charge in [-0.3, -0.25) is 4.68 Å². The minimum atomic E-state index is 0.675. The quantitative estimate of drug-likeness (QED) is 0.879. The van der Waals surface area contributed by atoms with E-state index in [0.717, 1.165) is 30.3 Å². The van der Waals surface area contributed by atoms with Crippen LogP contribution in [0.15, 0.2) is 18.2 Å². The molecule has 0 aliphatic carbocycles. The zero-order valence-corrected chi connectivity index (χ0v) is 12.6. The van der Waals surface area contributed by atoms with Crippen LogP contribution < -0.4 is 5.32 Å². The van der Waals surface area contributed by atoms with Crippen LogP contribution >= 0.6 is 0 Å². The Morgan fingerprint density at radius 2 is 2.05 bits per heavy atom. The first-order valence-corrected chi connectivity index (χ1v) is 6.81. The maximum absolute atomic E-state index is 5.11. The highest BCUT2D eigenvalue weighted by Crippen LogP contribution is 2.15. The van der Waals surface area contributed by atoms with Crippen molar-refractivity contribution in [2.75, 3.05) is 19.0 Å². The third-order valence-corrected chi connectivity index (χ3v) is 3.37. The first-order valence-electron chi connectivity index (χ1n) is 6.81. The number of pyridine rings is 1. The minimum Gasteiger partial charge on any atom is -0.383 e. The Balaban J connectivity index is 2.07. The highest BCUT2D eigenvalue weighted by Gasteiger charge is 2.11. The summed E-state index contributed by atoms with van der Waals surface area (Å²) in [5, 5.41) is 7.91. The zero-order chi connectivity index (χ0) is 14.5. The van der Waals surface area contributed by atoms with Gasteiger partial charge in [0.05, 0.1) is 18.8 Å². The Hall–Kier alpha value is -1.88. The van der Waals surface area contributed by atoms with Crippen LogP contribution in [0.25, 0.3) is 0 Å². The summed E-state index contributed by atoms with van der Waals surface area (Å²) in [4.78, 5) is 4.45. The Bertz CT molecular complexity index is 577. The van der Waals surface area contributed by atoms with Crippen LogP contribution in [-0.4, -0.2) is 28.5 Å². The lowest BCUT2D eigenvalue weighted by Crippen LogP contribution is -2.08. The van der Waals surface area contributed by atoms with Gasteiger partial charge in [-0.05, 0) is 32.9 Å². The van der Waals surface area contributed by atoms with Crippen molar-refractivity contribution in [3.05, 3.63) is 40.8 Å². The number of nitrogens with one attached hydrogen (secondary N) is 1. The van der Waals surface area contributed by atoms with Gasteiger partial charge < -0.3 is 10.1 Å². The lowest BCUT2D eigenvalue weighted by molar-refractivity contribution is 0.182. The molecule has 108 valence electrons. The van der Waals surface area contributed by atoms with Crippen molar-refractivity contribution in [2.45, 2.75) is 33.9 Å². The third kappa shape index (κ3) is 3.36. The SMILES string of the molecule is COCCn1nc(C)c(CNc2cccc(C)n2)c1C. The Morgan fingerprint density at radius 1 is 1.25 bits per heavy atom. The van der Waals surface area contributed by atoms with Crippen molar-refractivity contribution >= 4 is 5.82 Å². The molecule has 5 heteroatoms. The maximum Gasteiger partial charge on any atom is 0.126 e. The molecule has 0 saturated heterocycles. The normalized spacial score (nSPS) is 10.8. The van der Waals surface area contributed by atoms with Gasteiger partial charge >= 0.3 is 0 Å². The molecule has 0 aliphatic rings. The second-order valence-electron chi connectivity index (χ2n) is 4.88. The smallest absolute Gasteiger partial charge is 0.126 e. The second-order valence-corrected chi connectivity index (χ2v) is 4.88. The summed E-state index contributed by atoms with van der Waals surface area (Å²) in [6, 6.07) is 5.98. The van der Waals surface area contributed by atoms with Crippen molar-refractivity contribution in [3.8, 4) is 0 Å². The standard InChI is InChI=1S/C15H22N4O/c1-11-6-5-7-15(17-11)16-10-14-12(2)18-19(13(14)3)8-9-20-4/h5-7H,8-10H2,1-4H3,(H,16,17). The fourth-order valence-electron chi connectivity index (χ4n) is 2.21. The molecule has 2 aromatic heterocycles. The minimum absolute atomic E-state index is 0.675. The molecular weight excluding hydrogens is 252 g/mol. The molecule has 0 amide bonds. The number of aryl methyl sites for hydroxylation is 2. The van der Waals surface area contributed by atoms with E-state index in [9.17, 15) is 0 Å². The molecule has 0 bridgehead atoms. The molecule has 5 nitrogen and oxygen atoms in total. The van der Waals surface area contributed by atoms with Gasteiger partial charge in [-0.25, -0.2) is 4.98 Å². The molecule has 0 fully saturated rings. The fourth-order valence-corrected chi connectivity index (χ4v) is 2.21.